The van der Waals surface area contributed by atoms with Gasteiger partial charge in [0.15, 0.2) is 5.96 Å². The summed E-state index contributed by atoms with van der Waals surface area (Å²) in [5.41, 5.74) is 4.88. The molecule has 1 amide bonds. The van der Waals surface area contributed by atoms with E-state index in [0.29, 0.717) is 10.4 Å². The van der Waals surface area contributed by atoms with Gasteiger partial charge in [0.2, 0.25) is 5.91 Å². The van der Waals surface area contributed by atoms with Gasteiger partial charge in [0, 0.05) is 25.6 Å². The summed E-state index contributed by atoms with van der Waals surface area (Å²) in [5, 5.41) is 19.5. The fraction of sp³-hybridized carbons (Fsp3) is 0.316. The van der Waals surface area contributed by atoms with Crippen molar-refractivity contribution in [3.63, 3.8) is 0 Å². The minimum Gasteiger partial charge on any atom is -0.507 e. The van der Waals surface area contributed by atoms with E-state index in [0.717, 1.165) is 18.3 Å². The minimum atomic E-state index is -3.01. The van der Waals surface area contributed by atoms with Crippen molar-refractivity contribution >= 4 is 23.2 Å². The first-order chi connectivity index (χ1) is 13.0. The average Bonchev–Trinajstić information content (AvgIpc) is 3.01. The normalized spacial score (nSPS) is 22.7. The standard InChI is InChI=1S/C19H18F2N4O2S/c1-18(15-13(26)8-12(9-22)28-15)14(16(27)25(3)17(23)24-18)10-4-6-11(7-5-10)19(2,20)21/h4-8,14,26H,1-3H3,(H2,23,24)/t14?,18-/m0/s1. The number of nitriles is 1. The molecule has 3 rings (SSSR count). The van der Waals surface area contributed by atoms with Gasteiger partial charge < -0.3 is 10.8 Å². The molecule has 1 aromatic heterocycles. The fourth-order valence-electron chi connectivity index (χ4n) is 3.34. The largest absolute Gasteiger partial charge is 0.507 e. The van der Waals surface area contributed by atoms with Crippen LogP contribution in [0.2, 0.25) is 0 Å². The second-order valence-corrected chi connectivity index (χ2v) is 7.95. The lowest BCUT2D eigenvalue weighted by atomic mass is 9.77. The number of thiophene rings is 1. The smallest absolute Gasteiger partial charge is 0.270 e. The summed E-state index contributed by atoms with van der Waals surface area (Å²) in [6.45, 7) is 2.42. The highest BCUT2D eigenvalue weighted by molar-refractivity contribution is 7.13. The number of hydrogen-bond donors (Lipinski definition) is 2. The fourth-order valence-corrected chi connectivity index (χ4v) is 4.31. The number of aliphatic imine (C=N–C) groups is 1. The second-order valence-electron chi connectivity index (χ2n) is 6.89. The van der Waals surface area contributed by atoms with Crippen LogP contribution in [0.3, 0.4) is 0 Å². The van der Waals surface area contributed by atoms with Crippen LogP contribution in [0.15, 0.2) is 35.3 Å². The van der Waals surface area contributed by atoms with E-state index in [4.69, 9.17) is 11.0 Å². The number of likely N-dealkylation sites (N-methyl/N-ethyl adjacent to an activating group) is 1. The molecule has 146 valence electrons. The second kappa shape index (κ2) is 6.56. The van der Waals surface area contributed by atoms with Gasteiger partial charge in [0.1, 0.15) is 22.2 Å². The van der Waals surface area contributed by atoms with E-state index < -0.39 is 23.3 Å². The van der Waals surface area contributed by atoms with E-state index in [2.05, 4.69) is 4.99 Å². The van der Waals surface area contributed by atoms with Gasteiger partial charge in [-0.2, -0.15) is 5.26 Å². The number of aromatic hydroxyl groups is 1. The number of alkyl halides is 2. The van der Waals surface area contributed by atoms with Gasteiger partial charge in [-0.3, -0.25) is 9.69 Å². The highest BCUT2D eigenvalue weighted by Gasteiger charge is 2.49. The quantitative estimate of drug-likeness (QED) is 0.820. The molecule has 0 fully saturated rings. The number of hydrogen-bond acceptors (Lipinski definition) is 6. The Morgan fingerprint density at radius 3 is 2.50 bits per heavy atom. The van der Waals surface area contributed by atoms with Crippen molar-refractivity contribution in [2.24, 2.45) is 10.7 Å². The number of rotatable bonds is 3. The molecule has 1 aliphatic rings. The van der Waals surface area contributed by atoms with Crippen molar-refractivity contribution in [2.75, 3.05) is 7.05 Å². The molecular weight excluding hydrogens is 386 g/mol. The lowest BCUT2D eigenvalue weighted by Crippen LogP contribution is -2.52. The van der Waals surface area contributed by atoms with Crippen molar-refractivity contribution < 1.29 is 18.7 Å². The zero-order chi connectivity index (χ0) is 20.9. The van der Waals surface area contributed by atoms with Gasteiger partial charge in [-0.1, -0.05) is 24.3 Å². The molecule has 0 saturated heterocycles. The molecule has 2 aromatic rings. The first-order valence-electron chi connectivity index (χ1n) is 8.33. The Bertz CT molecular complexity index is 1000. The van der Waals surface area contributed by atoms with E-state index in [1.807, 2.05) is 6.07 Å². The summed E-state index contributed by atoms with van der Waals surface area (Å²) < 4.78 is 27.1. The number of nitrogens with zero attached hydrogens (tertiary/aromatic N) is 3. The topological polar surface area (TPSA) is 103 Å². The van der Waals surface area contributed by atoms with E-state index in [-0.39, 0.29) is 22.1 Å². The van der Waals surface area contributed by atoms with E-state index in [1.165, 1.54) is 42.3 Å². The van der Waals surface area contributed by atoms with Gasteiger partial charge in [0.05, 0.1) is 10.8 Å². The number of halogens is 2. The van der Waals surface area contributed by atoms with E-state index in [1.54, 1.807) is 6.92 Å². The highest BCUT2D eigenvalue weighted by Crippen LogP contribution is 2.49. The van der Waals surface area contributed by atoms with Crippen LogP contribution >= 0.6 is 11.3 Å². The number of nitrogens with two attached hydrogens (primary N) is 1. The van der Waals surface area contributed by atoms with Crippen molar-refractivity contribution in [3.05, 3.63) is 51.2 Å². The molecular formula is C19H18F2N4O2S. The summed E-state index contributed by atoms with van der Waals surface area (Å²) in [7, 11) is 1.47. The van der Waals surface area contributed by atoms with Crippen LogP contribution in [0.25, 0.3) is 0 Å². The van der Waals surface area contributed by atoms with Crippen molar-refractivity contribution in [1.82, 2.24) is 4.90 Å². The Balaban J connectivity index is 2.19. The van der Waals surface area contributed by atoms with E-state index >= 15 is 0 Å². The maximum Gasteiger partial charge on any atom is 0.270 e. The van der Waals surface area contributed by atoms with Crippen molar-refractivity contribution in [3.8, 4) is 11.8 Å². The third-order valence-corrected chi connectivity index (χ3v) is 6.12. The zero-order valence-electron chi connectivity index (χ0n) is 15.4. The molecule has 0 radical (unpaired) electrons. The number of carbonyl (C=O) groups excluding carboxylic acids is 1. The van der Waals surface area contributed by atoms with Gasteiger partial charge in [-0.25, -0.2) is 13.8 Å². The Labute approximate surface area is 164 Å². The Morgan fingerprint density at radius 2 is 2.00 bits per heavy atom. The summed E-state index contributed by atoms with van der Waals surface area (Å²) in [5.74, 6) is -4.52. The molecule has 9 heteroatoms. The lowest BCUT2D eigenvalue weighted by Gasteiger charge is -2.40. The molecule has 0 saturated carbocycles. The first kappa shape index (κ1) is 19.8. The average molecular weight is 404 g/mol. The van der Waals surface area contributed by atoms with Gasteiger partial charge in [0.25, 0.3) is 5.92 Å². The first-order valence-corrected chi connectivity index (χ1v) is 9.15. The molecule has 3 N–H and O–H groups in total. The summed E-state index contributed by atoms with van der Waals surface area (Å²) in [6.07, 6.45) is 0. The lowest BCUT2D eigenvalue weighted by molar-refractivity contribution is -0.130. The van der Waals surface area contributed by atoms with Crippen LogP contribution in [-0.2, 0) is 16.3 Å². The molecule has 2 atom stereocenters. The van der Waals surface area contributed by atoms with Crippen LogP contribution in [0.4, 0.5) is 8.78 Å². The number of guanidine groups is 1. The highest BCUT2D eigenvalue weighted by atomic mass is 32.1. The summed E-state index contributed by atoms with van der Waals surface area (Å²) >= 11 is 1.01. The Morgan fingerprint density at radius 1 is 1.39 bits per heavy atom. The molecule has 28 heavy (non-hydrogen) atoms. The van der Waals surface area contributed by atoms with Crippen LogP contribution in [0.5, 0.6) is 5.75 Å². The predicted molar refractivity (Wildman–Crippen MR) is 101 cm³/mol. The zero-order valence-corrected chi connectivity index (χ0v) is 16.2. The minimum absolute atomic E-state index is 0.0354. The van der Waals surface area contributed by atoms with Gasteiger partial charge >= 0.3 is 0 Å². The molecule has 2 heterocycles. The Kier molecular flexibility index (Phi) is 4.63. The molecule has 0 aliphatic carbocycles. The van der Waals surface area contributed by atoms with Crippen molar-refractivity contribution in [2.45, 2.75) is 31.2 Å². The van der Waals surface area contributed by atoms with Gasteiger partial charge in [-0.05, 0) is 12.5 Å². The van der Waals surface area contributed by atoms with E-state index in [9.17, 15) is 18.7 Å². The van der Waals surface area contributed by atoms with Crippen LogP contribution < -0.4 is 5.73 Å². The van der Waals surface area contributed by atoms with Crippen molar-refractivity contribution in [1.29, 1.82) is 5.26 Å². The monoisotopic (exact) mass is 404 g/mol. The van der Waals surface area contributed by atoms with Crippen LogP contribution in [0.1, 0.15) is 40.6 Å². The molecule has 6 nitrogen and oxygen atoms in total. The number of amides is 1. The number of benzene rings is 1. The Hall–Kier alpha value is -2.99. The molecule has 0 spiro atoms. The maximum atomic E-state index is 13.6. The van der Waals surface area contributed by atoms with Crippen LogP contribution in [-0.4, -0.2) is 28.9 Å². The molecule has 1 aliphatic heterocycles. The SMILES string of the molecule is CN1C(=O)C(c2ccc(C(C)(F)F)cc2)[C@@](C)(c2sc(C#N)cc2O)N=C1N. The number of carbonyl (C=O) groups is 1. The molecule has 1 aromatic carbocycles. The van der Waals surface area contributed by atoms with Crippen LogP contribution in [0, 0.1) is 11.3 Å². The predicted octanol–water partition coefficient (Wildman–Crippen LogP) is 3.22. The molecule has 0 bridgehead atoms. The maximum absolute atomic E-state index is 13.6. The van der Waals surface area contributed by atoms with Gasteiger partial charge in [-0.15, -0.1) is 11.3 Å². The molecule has 1 unspecified atom stereocenters. The summed E-state index contributed by atoms with van der Waals surface area (Å²) in [4.78, 5) is 19.3. The third kappa shape index (κ3) is 3.10. The summed E-state index contributed by atoms with van der Waals surface area (Å²) in [6, 6.07) is 8.69. The third-order valence-electron chi connectivity index (χ3n) is 4.86.